The van der Waals surface area contributed by atoms with Gasteiger partial charge in [-0.3, -0.25) is 5.41 Å². The molecule has 0 aromatic heterocycles. The zero-order valence-electron chi connectivity index (χ0n) is 17.8. The maximum atomic E-state index is 15.1. The number of ether oxygens (including phenoxy) is 1. The fraction of sp³-hybridized carbons (Fsp3) is 0.273. The summed E-state index contributed by atoms with van der Waals surface area (Å²) in [6.45, 7) is 3.72. The smallest absolute Gasteiger partial charge is 0.183 e. The Kier molecular flexibility index (Phi) is 11.2. The first-order chi connectivity index (χ1) is 15.8. The van der Waals surface area contributed by atoms with Crippen LogP contribution < -0.4 is 5.32 Å². The Labute approximate surface area is 207 Å². The van der Waals surface area contributed by atoms with Crippen molar-refractivity contribution in [3.05, 3.63) is 68.6 Å². The van der Waals surface area contributed by atoms with Gasteiger partial charge < -0.3 is 20.0 Å². The lowest BCUT2D eigenvalue weighted by Gasteiger charge is -2.17. The van der Waals surface area contributed by atoms with E-state index in [0.29, 0.717) is 9.32 Å². The molecule has 0 unspecified atom stereocenters. The average molecular weight is 593 g/mol. The third kappa shape index (κ3) is 7.73. The Morgan fingerprint density at radius 1 is 1.27 bits per heavy atom. The molecule has 2 rings (SSSR count). The lowest BCUT2D eigenvalue weighted by atomic mass is 9.98. The molecule has 3 N–H and O–H groups in total. The van der Waals surface area contributed by atoms with Gasteiger partial charge in [-0.15, -0.1) is 0 Å². The average Bonchev–Trinajstić information content (AvgIpc) is 2.79. The Bertz CT molecular complexity index is 1040. The van der Waals surface area contributed by atoms with E-state index in [-0.39, 0.29) is 54.5 Å². The zero-order chi connectivity index (χ0) is 24.4. The lowest BCUT2D eigenvalue weighted by molar-refractivity contribution is 0.110. The molecule has 0 saturated heterocycles. The number of aliphatic hydroxyl groups is 1. The molecule has 0 radical (unpaired) electrons. The van der Waals surface area contributed by atoms with Crippen molar-refractivity contribution in [1.82, 2.24) is 0 Å². The van der Waals surface area contributed by atoms with Crippen molar-refractivity contribution in [3.8, 4) is 0 Å². The Morgan fingerprint density at radius 3 is 2.70 bits per heavy atom. The van der Waals surface area contributed by atoms with E-state index in [1.807, 2.05) is 28.8 Å². The van der Waals surface area contributed by atoms with Crippen molar-refractivity contribution >= 4 is 57.7 Å². The fourth-order valence-electron chi connectivity index (χ4n) is 2.57. The summed E-state index contributed by atoms with van der Waals surface area (Å²) in [5.41, 5.74) is -0.949. The number of nitrogens with zero attached hydrogens (tertiary/aromatic N) is 1. The first-order valence-corrected chi connectivity index (χ1v) is 12.1. The van der Waals surface area contributed by atoms with Gasteiger partial charge in [-0.25, -0.2) is 13.2 Å². The minimum absolute atomic E-state index is 0.0222. The van der Waals surface area contributed by atoms with Crippen LogP contribution in [0.25, 0.3) is 0 Å². The van der Waals surface area contributed by atoms with Crippen LogP contribution in [0.3, 0.4) is 0 Å². The Hall–Kier alpha value is -2.09. The maximum absolute atomic E-state index is 15.1. The van der Waals surface area contributed by atoms with Crippen LogP contribution in [0.2, 0.25) is 0 Å². The normalized spacial score (nSPS) is 11.1. The van der Waals surface area contributed by atoms with Crippen LogP contribution in [0.5, 0.6) is 0 Å². The molecule has 0 aliphatic rings. The highest BCUT2D eigenvalue weighted by atomic mass is 127. The number of oxime groups is 1. The van der Waals surface area contributed by atoms with Gasteiger partial charge in [-0.1, -0.05) is 11.7 Å². The molecule has 2 aromatic carbocycles. The maximum Gasteiger partial charge on any atom is 0.183 e. The molecule has 0 heterocycles. The van der Waals surface area contributed by atoms with Gasteiger partial charge in [0, 0.05) is 20.4 Å². The number of aliphatic hydroxyl groups excluding tert-OH is 1. The van der Waals surface area contributed by atoms with E-state index in [1.165, 1.54) is 30.0 Å². The van der Waals surface area contributed by atoms with Crippen molar-refractivity contribution in [2.75, 3.05) is 43.8 Å². The van der Waals surface area contributed by atoms with Crippen molar-refractivity contribution in [2.45, 2.75) is 0 Å². The van der Waals surface area contributed by atoms with E-state index in [1.54, 1.807) is 6.07 Å². The molecule has 0 spiro atoms. The van der Waals surface area contributed by atoms with Gasteiger partial charge in [0.1, 0.15) is 12.4 Å². The SMILES string of the molecule is C=C(COCCO)C(=N)c1cc(/C=N/OCCSC)c(F)c(F)c1Nc1ccc(I)cc1F. The minimum atomic E-state index is -1.31. The second-order valence-corrected chi connectivity index (χ2v) is 8.81. The largest absolute Gasteiger partial charge is 0.395 e. The van der Waals surface area contributed by atoms with Crippen molar-refractivity contribution < 1.29 is 27.9 Å². The highest BCUT2D eigenvalue weighted by Gasteiger charge is 2.23. The molecule has 6 nitrogen and oxygen atoms in total. The summed E-state index contributed by atoms with van der Waals surface area (Å²) in [5, 5.41) is 23.5. The van der Waals surface area contributed by atoms with Gasteiger partial charge >= 0.3 is 0 Å². The molecular weight excluding hydrogens is 570 g/mol. The highest BCUT2D eigenvalue weighted by molar-refractivity contribution is 14.1. The summed E-state index contributed by atoms with van der Waals surface area (Å²) in [6, 6.07) is 5.42. The van der Waals surface area contributed by atoms with E-state index < -0.39 is 23.1 Å². The van der Waals surface area contributed by atoms with Gasteiger partial charge in [-0.2, -0.15) is 11.8 Å². The van der Waals surface area contributed by atoms with Crippen LogP contribution in [-0.2, 0) is 9.57 Å². The summed E-state index contributed by atoms with van der Waals surface area (Å²) < 4.78 is 50.1. The standard InChI is InChI=1S/C22H23F3IN3O3S/c1-13(12-31-6-5-30)21(27)16-9-14(11-28-32-7-8-33-2)19(24)20(25)22(16)29-18-4-3-15(26)10-17(18)23/h3-4,9-11,27,29-30H,1,5-8,12H2,2H3/b27-21?,28-11+. The van der Waals surface area contributed by atoms with E-state index in [4.69, 9.17) is 20.1 Å². The number of hydrogen-bond acceptors (Lipinski definition) is 7. The molecule has 11 heteroatoms. The van der Waals surface area contributed by atoms with E-state index in [2.05, 4.69) is 17.1 Å². The van der Waals surface area contributed by atoms with Crippen molar-refractivity contribution in [3.63, 3.8) is 0 Å². The number of anilines is 2. The summed E-state index contributed by atoms with van der Waals surface area (Å²) in [7, 11) is 0. The lowest BCUT2D eigenvalue weighted by Crippen LogP contribution is -2.15. The number of thioether (sulfide) groups is 1. The first kappa shape index (κ1) is 27.2. The van der Waals surface area contributed by atoms with Crippen LogP contribution in [0.15, 0.2) is 41.6 Å². The predicted molar refractivity (Wildman–Crippen MR) is 135 cm³/mol. The molecular formula is C22H23F3IN3O3S. The molecule has 0 amide bonds. The highest BCUT2D eigenvalue weighted by Crippen LogP contribution is 2.31. The Morgan fingerprint density at radius 2 is 2.03 bits per heavy atom. The van der Waals surface area contributed by atoms with Crippen LogP contribution in [0.4, 0.5) is 24.5 Å². The summed E-state index contributed by atoms with van der Waals surface area (Å²) in [4.78, 5) is 5.02. The topological polar surface area (TPSA) is 86.9 Å². The van der Waals surface area contributed by atoms with E-state index in [9.17, 15) is 8.78 Å². The van der Waals surface area contributed by atoms with Gasteiger partial charge in [-0.05, 0) is 58.7 Å². The molecule has 33 heavy (non-hydrogen) atoms. The number of nitrogens with one attached hydrogen (secondary N) is 2. The van der Waals surface area contributed by atoms with Crippen molar-refractivity contribution in [1.29, 1.82) is 5.41 Å². The third-order valence-corrected chi connectivity index (χ3v) is 5.45. The number of halogens is 4. The molecule has 0 aliphatic heterocycles. The quantitative estimate of drug-likeness (QED) is 0.130. The Balaban J connectivity index is 2.48. The second-order valence-electron chi connectivity index (χ2n) is 6.58. The minimum Gasteiger partial charge on any atom is -0.395 e. The van der Waals surface area contributed by atoms with Gasteiger partial charge in [0.05, 0.1) is 43.1 Å². The van der Waals surface area contributed by atoms with Crippen LogP contribution in [-0.4, -0.2) is 55.5 Å². The third-order valence-electron chi connectivity index (χ3n) is 4.21. The summed E-state index contributed by atoms with van der Waals surface area (Å²) in [5.74, 6) is -2.55. The predicted octanol–water partition coefficient (Wildman–Crippen LogP) is 5.10. The van der Waals surface area contributed by atoms with Crippen LogP contribution in [0.1, 0.15) is 11.1 Å². The monoisotopic (exact) mass is 593 g/mol. The first-order valence-electron chi connectivity index (χ1n) is 9.64. The van der Waals surface area contributed by atoms with E-state index in [0.717, 1.165) is 6.21 Å². The number of hydrogen-bond donors (Lipinski definition) is 3. The molecule has 0 bridgehead atoms. The molecule has 178 valence electrons. The van der Waals surface area contributed by atoms with E-state index >= 15 is 4.39 Å². The van der Waals surface area contributed by atoms with Crippen molar-refractivity contribution in [2.24, 2.45) is 5.16 Å². The molecule has 0 fully saturated rings. The van der Waals surface area contributed by atoms with Gasteiger partial charge in [0.2, 0.25) is 0 Å². The number of benzene rings is 2. The summed E-state index contributed by atoms with van der Waals surface area (Å²) in [6.07, 6.45) is 2.90. The number of rotatable bonds is 13. The van der Waals surface area contributed by atoms with Crippen LogP contribution >= 0.6 is 34.4 Å². The zero-order valence-corrected chi connectivity index (χ0v) is 20.7. The second kappa shape index (κ2) is 13.6. The molecule has 0 atom stereocenters. The molecule has 0 aliphatic carbocycles. The molecule has 0 saturated carbocycles. The van der Waals surface area contributed by atoms with Gasteiger partial charge in [0.15, 0.2) is 11.6 Å². The summed E-state index contributed by atoms with van der Waals surface area (Å²) >= 11 is 3.46. The molecule has 2 aromatic rings. The fourth-order valence-corrected chi connectivity index (χ4v) is 3.27. The van der Waals surface area contributed by atoms with Gasteiger partial charge in [0.25, 0.3) is 0 Å². The van der Waals surface area contributed by atoms with Crippen LogP contribution in [0, 0.1) is 26.4 Å².